The third-order valence-electron chi connectivity index (χ3n) is 3.96. The first-order valence-corrected chi connectivity index (χ1v) is 6.32. The predicted molar refractivity (Wildman–Crippen MR) is 70.1 cm³/mol. The molecule has 0 aromatic heterocycles. The summed E-state index contributed by atoms with van der Waals surface area (Å²) in [6, 6.07) is 8.99. The highest BCUT2D eigenvalue weighted by Gasteiger charge is 2.36. The number of nitrogens with one attached hydrogen (secondary N) is 1. The molecule has 2 heterocycles. The van der Waals surface area contributed by atoms with Gasteiger partial charge in [0.25, 0.3) is 0 Å². The summed E-state index contributed by atoms with van der Waals surface area (Å²) in [6.45, 7) is 4.43. The monoisotopic (exact) mass is 229 g/mol. The Hall–Kier alpha value is -1.35. The molecule has 1 aromatic rings. The van der Waals surface area contributed by atoms with Crippen molar-refractivity contribution < 1.29 is 0 Å². The number of aryl methyl sites for hydroxylation is 1. The Bertz CT molecular complexity index is 453. The molecule has 2 aliphatic heterocycles. The molecule has 1 N–H and O–H groups in total. The van der Waals surface area contributed by atoms with Crippen LogP contribution < -0.4 is 5.43 Å². The van der Waals surface area contributed by atoms with Gasteiger partial charge in [0.05, 0.1) is 6.04 Å². The normalized spacial score (nSPS) is 28.5. The van der Waals surface area contributed by atoms with Crippen molar-refractivity contribution in [1.82, 2.24) is 10.3 Å². The molecule has 17 heavy (non-hydrogen) atoms. The number of hydrogen-bond acceptors (Lipinski definition) is 3. The molecule has 1 aromatic carbocycles. The van der Waals surface area contributed by atoms with Crippen molar-refractivity contribution in [2.24, 2.45) is 11.0 Å². The maximum Gasteiger partial charge on any atom is 0.0785 e. The van der Waals surface area contributed by atoms with E-state index < -0.39 is 0 Å². The molecule has 90 valence electrons. The number of piperidine rings is 1. The van der Waals surface area contributed by atoms with Gasteiger partial charge in [-0.15, -0.1) is 0 Å². The van der Waals surface area contributed by atoms with E-state index in [1.807, 2.05) is 0 Å². The van der Waals surface area contributed by atoms with Crippen molar-refractivity contribution in [1.29, 1.82) is 0 Å². The first kappa shape index (κ1) is 10.8. The van der Waals surface area contributed by atoms with E-state index in [0.717, 1.165) is 19.5 Å². The van der Waals surface area contributed by atoms with Crippen LogP contribution in [0, 0.1) is 12.8 Å². The van der Waals surface area contributed by atoms with E-state index in [-0.39, 0.29) is 0 Å². The molecule has 3 heteroatoms. The molecule has 1 fully saturated rings. The van der Waals surface area contributed by atoms with Crippen molar-refractivity contribution in [3.63, 3.8) is 0 Å². The van der Waals surface area contributed by atoms with Gasteiger partial charge in [0.1, 0.15) is 0 Å². The van der Waals surface area contributed by atoms with Crippen molar-refractivity contribution in [2.45, 2.75) is 19.4 Å². The van der Waals surface area contributed by atoms with Crippen LogP contribution >= 0.6 is 0 Å². The Morgan fingerprint density at radius 2 is 2.18 bits per heavy atom. The molecule has 0 amide bonds. The fourth-order valence-electron chi connectivity index (χ4n) is 2.92. The third kappa shape index (κ3) is 1.84. The van der Waals surface area contributed by atoms with Crippen LogP contribution in [0.1, 0.15) is 23.6 Å². The lowest BCUT2D eigenvalue weighted by Crippen LogP contribution is -2.39. The van der Waals surface area contributed by atoms with Gasteiger partial charge in [0.2, 0.25) is 0 Å². The summed E-state index contributed by atoms with van der Waals surface area (Å²) in [4.78, 5) is 2.40. The van der Waals surface area contributed by atoms with E-state index in [4.69, 9.17) is 0 Å². The number of rotatable bonds is 1. The summed E-state index contributed by atoms with van der Waals surface area (Å²) < 4.78 is 0. The minimum Gasteiger partial charge on any atom is -0.305 e. The molecule has 0 spiro atoms. The Kier molecular flexibility index (Phi) is 2.63. The molecular formula is C14H19N3. The van der Waals surface area contributed by atoms with Gasteiger partial charge in [-0.2, -0.15) is 5.10 Å². The van der Waals surface area contributed by atoms with E-state index in [2.05, 4.69) is 53.7 Å². The molecule has 3 rings (SSSR count). The lowest BCUT2D eigenvalue weighted by molar-refractivity contribution is 0.272. The number of benzene rings is 1. The van der Waals surface area contributed by atoms with Gasteiger partial charge in [0, 0.05) is 31.1 Å². The smallest absolute Gasteiger partial charge is 0.0785 e. The van der Waals surface area contributed by atoms with Crippen LogP contribution in [-0.4, -0.2) is 30.7 Å². The van der Waals surface area contributed by atoms with Crippen molar-refractivity contribution in [2.75, 3.05) is 20.1 Å². The van der Waals surface area contributed by atoms with Gasteiger partial charge in [-0.05, 0) is 25.1 Å². The summed E-state index contributed by atoms with van der Waals surface area (Å²) in [5.41, 5.74) is 7.45. The average molecular weight is 229 g/mol. The molecule has 1 saturated heterocycles. The number of hydrogen-bond donors (Lipinski definition) is 1. The lowest BCUT2D eigenvalue weighted by atomic mass is 9.85. The molecule has 2 aliphatic rings. The highest BCUT2D eigenvalue weighted by Crippen LogP contribution is 2.33. The fourth-order valence-corrected chi connectivity index (χ4v) is 2.92. The van der Waals surface area contributed by atoms with Gasteiger partial charge in [-0.1, -0.05) is 24.3 Å². The van der Waals surface area contributed by atoms with Gasteiger partial charge in [-0.25, -0.2) is 0 Å². The van der Waals surface area contributed by atoms with E-state index in [1.165, 1.54) is 16.8 Å². The van der Waals surface area contributed by atoms with Crippen LogP contribution in [0.25, 0.3) is 0 Å². The van der Waals surface area contributed by atoms with Gasteiger partial charge in [-0.3, -0.25) is 0 Å². The second-order valence-corrected chi connectivity index (χ2v) is 5.19. The second kappa shape index (κ2) is 4.15. The van der Waals surface area contributed by atoms with E-state index in [1.54, 1.807) is 0 Å². The summed E-state index contributed by atoms with van der Waals surface area (Å²) in [6.07, 6.45) is 1.11. The molecule has 2 unspecified atom stereocenters. The Balaban J connectivity index is 1.89. The molecule has 0 bridgehead atoms. The van der Waals surface area contributed by atoms with Gasteiger partial charge >= 0.3 is 0 Å². The molecule has 2 atom stereocenters. The van der Waals surface area contributed by atoms with Crippen molar-refractivity contribution >= 4 is 5.71 Å². The summed E-state index contributed by atoms with van der Waals surface area (Å²) in [7, 11) is 2.20. The summed E-state index contributed by atoms with van der Waals surface area (Å²) in [5, 5.41) is 4.53. The molecule has 3 nitrogen and oxygen atoms in total. The quantitative estimate of drug-likeness (QED) is 0.797. The average Bonchev–Trinajstić information content (AvgIpc) is 2.72. The molecule has 0 saturated carbocycles. The third-order valence-corrected chi connectivity index (χ3v) is 3.96. The lowest BCUT2D eigenvalue weighted by Gasteiger charge is -2.31. The maximum atomic E-state index is 4.53. The van der Waals surface area contributed by atoms with Crippen LogP contribution in [-0.2, 0) is 0 Å². The van der Waals surface area contributed by atoms with E-state index >= 15 is 0 Å². The number of fused-ring (bicyclic) bond motifs is 1. The zero-order chi connectivity index (χ0) is 11.8. The van der Waals surface area contributed by atoms with Crippen LogP contribution in [0.2, 0.25) is 0 Å². The van der Waals surface area contributed by atoms with Crippen LogP contribution in [0.4, 0.5) is 0 Å². The highest BCUT2D eigenvalue weighted by atomic mass is 15.3. The number of hydrazone groups is 1. The van der Waals surface area contributed by atoms with Gasteiger partial charge < -0.3 is 10.3 Å². The summed E-state index contributed by atoms with van der Waals surface area (Å²) in [5.74, 6) is 0.551. The van der Waals surface area contributed by atoms with Crippen molar-refractivity contribution in [3.8, 4) is 0 Å². The topological polar surface area (TPSA) is 27.6 Å². The highest BCUT2D eigenvalue weighted by molar-refractivity contribution is 5.89. The zero-order valence-corrected chi connectivity index (χ0v) is 10.5. The zero-order valence-electron chi connectivity index (χ0n) is 10.5. The Labute approximate surface area is 103 Å². The van der Waals surface area contributed by atoms with Gasteiger partial charge in [0.15, 0.2) is 0 Å². The standard InChI is InChI=1S/C14H19N3/c1-10-5-3-4-6-11(10)14-12-9-17(2)8-7-13(12)15-16-14/h3-6,12,14,16H,7-9H2,1-2H3. The first-order chi connectivity index (χ1) is 8.25. The van der Waals surface area contributed by atoms with E-state index in [9.17, 15) is 0 Å². The number of likely N-dealkylation sites (tertiary alicyclic amines) is 1. The minimum absolute atomic E-state index is 0.369. The second-order valence-electron chi connectivity index (χ2n) is 5.19. The Morgan fingerprint density at radius 1 is 1.35 bits per heavy atom. The van der Waals surface area contributed by atoms with E-state index in [0.29, 0.717) is 12.0 Å². The fraction of sp³-hybridized carbons (Fsp3) is 0.500. The van der Waals surface area contributed by atoms with Crippen LogP contribution in [0.5, 0.6) is 0 Å². The molecular weight excluding hydrogens is 210 g/mol. The predicted octanol–water partition coefficient (Wildman–Crippen LogP) is 1.95. The first-order valence-electron chi connectivity index (χ1n) is 6.32. The molecule has 0 radical (unpaired) electrons. The SMILES string of the molecule is Cc1ccccc1C1NN=C2CCN(C)CC21. The maximum absolute atomic E-state index is 4.53. The van der Waals surface area contributed by atoms with Crippen LogP contribution in [0.15, 0.2) is 29.4 Å². The largest absolute Gasteiger partial charge is 0.305 e. The Morgan fingerprint density at radius 3 is 3.00 bits per heavy atom. The summed E-state index contributed by atoms with van der Waals surface area (Å²) >= 11 is 0. The van der Waals surface area contributed by atoms with Crippen LogP contribution in [0.3, 0.4) is 0 Å². The minimum atomic E-state index is 0.369. The number of nitrogens with zero attached hydrogens (tertiary/aromatic N) is 2. The molecule has 0 aliphatic carbocycles. The van der Waals surface area contributed by atoms with Crippen molar-refractivity contribution in [3.05, 3.63) is 35.4 Å².